The van der Waals surface area contributed by atoms with Crippen LogP contribution in [0.1, 0.15) is 11.8 Å². The number of aliphatic carboxylic acids is 1. The van der Waals surface area contributed by atoms with E-state index < -0.39 is 17.9 Å². The molecule has 78 valence electrons. The lowest BCUT2D eigenvalue weighted by atomic mass is 10.2. The Labute approximate surface area is 84.0 Å². The fourth-order valence-corrected chi connectivity index (χ4v) is 1.42. The van der Waals surface area contributed by atoms with Crippen molar-refractivity contribution in [3.63, 3.8) is 0 Å². The molecule has 0 bridgehead atoms. The summed E-state index contributed by atoms with van der Waals surface area (Å²) in [5.74, 6) is -1.82. The maximum absolute atomic E-state index is 13.2. The first kappa shape index (κ1) is 9.67. The third kappa shape index (κ3) is 1.57. The van der Waals surface area contributed by atoms with Gasteiger partial charge in [-0.3, -0.25) is 0 Å². The van der Waals surface area contributed by atoms with E-state index in [1.807, 2.05) is 0 Å². The number of hydrogen-bond donors (Lipinski definition) is 3. The maximum Gasteiger partial charge on any atom is 0.338 e. The molecule has 0 aliphatic heterocycles. The number of H-pyrrole nitrogens is 1. The predicted molar refractivity (Wildman–Crippen MR) is 50.9 cm³/mol. The highest BCUT2D eigenvalue weighted by Gasteiger charge is 2.18. The van der Waals surface area contributed by atoms with Crippen LogP contribution in [-0.4, -0.2) is 21.2 Å². The largest absolute Gasteiger partial charge is 0.479 e. The number of rotatable bonds is 2. The molecule has 0 aliphatic rings. The Morgan fingerprint density at radius 2 is 2.20 bits per heavy atom. The van der Waals surface area contributed by atoms with Crippen molar-refractivity contribution in [2.75, 3.05) is 0 Å². The normalized spacial score (nSPS) is 12.9. The van der Waals surface area contributed by atoms with Crippen molar-refractivity contribution in [3.8, 4) is 0 Å². The van der Waals surface area contributed by atoms with Crippen LogP contribution >= 0.6 is 0 Å². The number of carbonyl (C=O) groups is 1. The van der Waals surface area contributed by atoms with Crippen molar-refractivity contribution < 1.29 is 19.4 Å². The number of carboxylic acids is 1. The average molecular weight is 209 g/mol. The maximum atomic E-state index is 13.2. The van der Waals surface area contributed by atoms with E-state index in [-0.39, 0.29) is 11.1 Å². The van der Waals surface area contributed by atoms with Gasteiger partial charge in [0.2, 0.25) is 0 Å². The SMILES string of the molecule is O=C(O)C(O)c1cc2c(F)cccc2[nH]1. The summed E-state index contributed by atoms with van der Waals surface area (Å²) < 4.78 is 13.2. The molecule has 0 aliphatic carbocycles. The average Bonchev–Trinajstić information content (AvgIpc) is 2.61. The van der Waals surface area contributed by atoms with Crippen molar-refractivity contribution in [1.29, 1.82) is 0 Å². The standard InChI is InChI=1S/C10H8FNO3/c11-6-2-1-3-7-5(6)4-8(12-7)9(13)10(14)15/h1-4,9,12-13H,(H,14,15). The lowest BCUT2D eigenvalue weighted by molar-refractivity contribution is -0.147. The minimum absolute atomic E-state index is 0.0719. The van der Waals surface area contributed by atoms with E-state index in [1.54, 1.807) is 6.07 Å². The Bertz CT molecular complexity index is 520. The minimum atomic E-state index is -1.66. The molecule has 2 aromatic rings. The first-order chi connectivity index (χ1) is 7.09. The van der Waals surface area contributed by atoms with Crippen LogP contribution in [0.4, 0.5) is 4.39 Å². The molecule has 15 heavy (non-hydrogen) atoms. The molecular weight excluding hydrogens is 201 g/mol. The highest BCUT2D eigenvalue weighted by Crippen LogP contribution is 2.22. The summed E-state index contributed by atoms with van der Waals surface area (Å²) in [7, 11) is 0. The highest BCUT2D eigenvalue weighted by atomic mass is 19.1. The van der Waals surface area contributed by atoms with Crippen molar-refractivity contribution >= 4 is 16.9 Å². The monoisotopic (exact) mass is 209 g/mol. The minimum Gasteiger partial charge on any atom is -0.479 e. The van der Waals surface area contributed by atoms with Gasteiger partial charge in [0.05, 0.1) is 5.69 Å². The Balaban J connectivity index is 2.56. The van der Waals surface area contributed by atoms with E-state index >= 15 is 0 Å². The molecule has 0 saturated heterocycles. The number of aromatic nitrogens is 1. The van der Waals surface area contributed by atoms with Gasteiger partial charge in [0.15, 0.2) is 6.10 Å². The fraction of sp³-hybridized carbons (Fsp3) is 0.100. The van der Waals surface area contributed by atoms with Crippen LogP contribution in [0.15, 0.2) is 24.3 Å². The van der Waals surface area contributed by atoms with Crippen molar-refractivity contribution in [2.45, 2.75) is 6.10 Å². The van der Waals surface area contributed by atoms with E-state index in [1.165, 1.54) is 18.2 Å². The van der Waals surface area contributed by atoms with Crippen LogP contribution in [0.2, 0.25) is 0 Å². The Morgan fingerprint density at radius 1 is 1.47 bits per heavy atom. The molecule has 0 amide bonds. The molecule has 0 radical (unpaired) electrons. The lowest BCUT2D eigenvalue weighted by Crippen LogP contribution is -2.10. The van der Waals surface area contributed by atoms with E-state index in [2.05, 4.69) is 4.98 Å². The van der Waals surface area contributed by atoms with Gasteiger partial charge in [-0.1, -0.05) is 6.07 Å². The highest BCUT2D eigenvalue weighted by molar-refractivity contribution is 5.83. The van der Waals surface area contributed by atoms with Crippen LogP contribution in [-0.2, 0) is 4.79 Å². The zero-order valence-electron chi connectivity index (χ0n) is 7.57. The van der Waals surface area contributed by atoms with Crippen LogP contribution in [0, 0.1) is 5.82 Å². The Kier molecular flexibility index (Phi) is 2.17. The second kappa shape index (κ2) is 3.36. The number of aromatic amines is 1. The number of carboxylic acid groups (broad SMARTS) is 1. The summed E-state index contributed by atoms with van der Waals surface area (Å²) in [4.78, 5) is 13.1. The lowest BCUT2D eigenvalue weighted by Gasteiger charge is -2.00. The van der Waals surface area contributed by atoms with Gasteiger partial charge < -0.3 is 15.2 Å². The van der Waals surface area contributed by atoms with Crippen LogP contribution < -0.4 is 0 Å². The third-order valence-electron chi connectivity index (χ3n) is 2.16. The Hall–Kier alpha value is -1.88. The molecule has 5 heteroatoms. The molecule has 1 aromatic carbocycles. The van der Waals surface area contributed by atoms with Gasteiger partial charge in [0.1, 0.15) is 5.82 Å². The number of halogens is 1. The summed E-state index contributed by atoms with van der Waals surface area (Å²) >= 11 is 0. The summed E-state index contributed by atoms with van der Waals surface area (Å²) in [6.45, 7) is 0. The molecule has 1 unspecified atom stereocenters. The first-order valence-electron chi connectivity index (χ1n) is 4.27. The predicted octanol–water partition coefficient (Wildman–Crippen LogP) is 1.43. The van der Waals surface area contributed by atoms with Crippen LogP contribution in [0.25, 0.3) is 10.9 Å². The topological polar surface area (TPSA) is 73.3 Å². The number of hydrogen-bond acceptors (Lipinski definition) is 2. The number of nitrogens with one attached hydrogen (secondary N) is 1. The van der Waals surface area contributed by atoms with E-state index in [0.717, 1.165) is 0 Å². The molecule has 0 spiro atoms. The second-order valence-corrected chi connectivity index (χ2v) is 3.17. The molecule has 4 nitrogen and oxygen atoms in total. The van der Waals surface area contributed by atoms with Crippen molar-refractivity contribution in [3.05, 3.63) is 35.8 Å². The first-order valence-corrected chi connectivity index (χ1v) is 4.27. The van der Waals surface area contributed by atoms with Gasteiger partial charge >= 0.3 is 5.97 Å². The fourth-order valence-electron chi connectivity index (χ4n) is 1.42. The zero-order chi connectivity index (χ0) is 11.0. The molecule has 3 N–H and O–H groups in total. The van der Waals surface area contributed by atoms with Gasteiger partial charge in [-0.2, -0.15) is 0 Å². The third-order valence-corrected chi connectivity index (χ3v) is 2.16. The van der Waals surface area contributed by atoms with Crippen LogP contribution in [0.5, 0.6) is 0 Å². The molecule has 1 aromatic heterocycles. The molecule has 1 atom stereocenters. The summed E-state index contributed by atoms with van der Waals surface area (Å²) in [6.07, 6.45) is -1.66. The summed E-state index contributed by atoms with van der Waals surface area (Å²) in [5.41, 5.74) is 0.535. The van der Waals surface area contributed by atoms with Gasteiger partial charge in [-0.25, -0.2) is 9.18 Å². The van der Waals surface area contributed by atoms with Gasteiger partial charge in [-0.15, -0.1) is 0 Å². The van der Waals surface area contributed by atoms with Gasteiger partial charge in [0.25, 0.3) is 0 Å². The summed E-state index contributed by atoms with van der Waals surface area (Å²) in [5, 5.41) is 18.1. The molecule has 0 fully saturated rings. The van der Waals surface area contributed by atoms with Crippen LogP contribution in [0.3, 0.4) is 0 Å². The molecular formula is C10H8FNO3. The molecule has 2 rings (SSSR count). The number of aliphatic hydroxyl groups excluding tert-OH is 1. The summed E-state index contributed by atoms with van der Waals surface area (Å²) in [6, 6.07) is 5.68. The van der Waals surface area contributed by atoms with Crippen molar-refractivity contribution in [2.24, 2.45) is 0 Å². The number of aliphatic hydroxyl groups is 1. The zero-order valence-corrected chi connectivity index (χ0v) is 7.57. The van der Waals surface area contributed by atoms with E-state index in [0.29, 0.717) is 5.52 Å². The van der Waals surface area contributed by atoms with E-state index in [9.17, 15) is 14.3 Å². The quantitative estimate of drug-likeness (QED) is 0.700. The molecule has 0 saturated carbocycles. The second-order valence-electron chi connectivity index (χ2n) is 3.17. The smallest absolute Gasteiger partial charge is 0.338 e. The number of benzene rings is 1. The van der Waals surface area contributed by atoms with Gasteiger partial charge in [0, 0.05) is 10.9 Å². The Morgan fingerprint density at radius 3 is 2.80 bits per heavy atom. The van der Waals surface area contributed by atoms with Crippen molar-refractivity contribution in [1.82, 2.24) is 4.98 Å². The molecule has 1 heterocycles. The van der Waals surface area contributed by atoms with E-state index in [4.69, 9.17) is 5.11 Å². The van der Waals surface area contributed by atoms with Gasteiger partial charge in [-0.05, 0) is 18.2 Å². The number of fused-ring (bicyclic) bond motifs is 1.